The van der Waals surface area contributed by atoms with Gasteiger partial charge in [0.05, 0.1) is 6.61 Å². The van der Waals surface area contributed by atoms with Gasteiger partial charge in [-0.25, -0.2) is 0 Å². The molecule has 0 heterocycles. The quantitative estimate of drug-likeness (QED) is 0.831. The second-order valence-corrected chi connectivity index (χ2v) is 6.32. The van der Waals surface area contributed by atoms with E-state index in [4.69, 9.17) is 10.5 Å². The zero-order chi connectivity index (χ0) is 13.9. The van der Waals surface area contributed by atoms with E-state index in [0.717, 1.165) is 16.3 Å². The van der Waals surface area contributed by atoms with E-state index in [1.807, 2.05) is 30.8 Å². The summed E-state index contributed by atoms with van der Waals surface area (Å²) in [6, 6.07) is 16.6. The van der Waals surface area contributed by atoms with Crippen LogP contribution in [0.15, 0.2) is 53.4 Å². The summed E-state index contributed by atoms with van der Waals surface area (Å²) in [5.74, 6) is 1.57. The molecule has 0 radical (unpaired) electrons. The molecular weight excluding hydrogens is 266 g/mol. The molecule has 2 aromatic rings. The maximum Gasteiger partial charge on any atom is 0.120 e. The third kappa shape index (κ3) is 2.93. The first kappa shape index (κ1) is 13.4. The first-order valence-corrected chi connectivity index (χ1v) is 7.90. The van der Waals surface area contributed by atoms with Crippen LogP contribution in [0.3, 0.4) is 0 Å². The average Bonchev–Trinajstić information content (AvgIpc) is 3.23. The lowest BCUT2D eigenvalue weighted by Gasteiger charge is -2.09. The lowest BCUT2D eigenvalue weighted by atomic mass is 10.1. The van der Waals surface area contributed by atoms with E-state index in [9.17, 15) is 0 Å². The van der Waals surface area contributed by atoms with Crippen molar-refractivity contribution in [3.8, 4) is 5.75 Å². The van der Waals surface area contributed by atoms with E-state index in [2.05, 4.69) is 36.4 Å². The molecule has 20 heavy (non-hydrogen) atoms. The monoisotopic (exact) mass is 285 g/mol. The van der Waals surface area contributed by atoms with E-state index in [1.54, 1.807) is 0 Å². The first-order chi connectivity index (χ1) is 9.78. The van der Waals surface area contributed by atoms with Gasteiger partial charge in [0.15, 0.2) is 0 Å². The predicted octanol–water partition coefficient (Wildman–Crippen LogP) is 4.32. The molecule has 2 aromatic carbocycles. The number of thioether (sulfide) groups is 1. The highest BCUT2D eigenvalue weighted by molar-refractivity contribution is 8.00. The number of anilines is 1. The zero-order valence-electron chi connectivity index (χ0n) is 11.6. The molecule has 104 valence electrons. The zero-order valence-corrected chi connectivity index (χ0v) is 12.4. The third-order valence-corrected chi connectivity index (χ3v) is 4.97. The van der Waals surface area contributed by atoms with Crippen LogP contribution in [0.1, 0.15) is 24.8 Å². The molecule has 0 amide bonds. The second kappa shape index (κ2) is 5.80. The van der Waals surface area contributed by atoms with Gasteiger partial charge < -0.3 is 10.5 Å². The Bertz CT molecular complexity index is 585. The van der Waals surface area contributed by atoms with Gasteiger partial charge in [-0.15, -0.1) is 11.8 Å². The number of ether oxygens (including phenoxy) is 1. The molecule has 0 saturated heterocycles. The fourth-order valence-electron chi connectivity index (χ4n) is 2.39. The number of rotatable bonds is 5. The summed E-state index contributed by atoms with van der Waals surface area (Å²) in [4.78, 5) is 1.14. The molecule has 1 aliphatic carbocycles. The standard InChI is InChI=1S/C17H19NOS/c1-2-19-13-8-9-15(18)17(10-13)20-16-11-14(16)12-6-4-3-5-7-12/h3-10,14,16H,2,11,18H2,1H3. The van der Waals surface area contributed by atoms with Crippen LogP contribution in [0.4, 0.5) is 5.69 Å². The molecule has 1 fully saturated rings. The van der Waals surface area contributed by atoms with Crippen molar-refractivity contribution in [2.24, 2.45) is 0 Å². The van der Waals surface area contributed by atoms with Crippen LogP contribution in [0.2, 0.25) is 0 Å². The Labute approximate surface area is 124 Å². The van der Waals surface area contributed by atoms with Crippen molar-refractivity contribution in [2.75, 3.05) is 12.3 Å². The number of hydrogen-bond acceptors (Lipinski definition) is 3. The SMILES string of the molecule is CCOc1ccc(N)c(SC2CC2c2ccccc2)c1. The Morgan fingerprint density at radius 3 is 2.75 bits per heavy atom. The number of nitrogen functional groups attached to an aromatic ring is 1. The Kier molecular flexibility index (Phi) is 3.88. The fraction of sp³-hybridized carbons (Fsp3) is 0.294. The smallest absolute Gasteiger partial charge is 0.120 e. The molecule has 3 heteroatoms. The summed E-state index contributed by atoms with van der Waals surface area (Å²) >= 11 is 1.87. The third-order valence-electron chi connectivity index (χ3n) is 3.53. The topological polar surface area (TPSA) is 35.2 Å². The summed E-state index contributed by atoms with van der Waals surface area (Å²) in [5, 5.41) is 0.636. The first-order valence-electron chi connectivity index (χ1n) is 7.02. The van der Waals surface area contributed by atoms with Crippen molar-refractivity contribution in [1.29, 1.82) is 0 Å². The van der Waals surface area contributed by atoms with Gasteiger partial charge in [0.1, 0.15) is 5.75 Å². The average molecular weight is 285 g/mol. The van der Waals surface area contributed by atoms with Gasteiger partial charge in [-0.3, -0.25) is 0 Å². The van der Waals surface area contributed by atoms with Crippen molar-refractivity contribution >= 4 is 17.4 Å². The summed E-state index contributed by atoms with van der Waals surface area (Å²) < 4.78 is 5.55. The van der Waals surface area contributed by atoms with Gasteiger partial charge in [0, 0.05) is 15.8 Å². The number of nitrogens with two attached hydrogens (primary N) is 1. The van der Waals surface area contributed by atoms with Gasteiger partial charge in [-0.1, -0.05) is 30.3 Å². The molecule has 1 aliphatic rings. The largest absolute Gasteiger partial charge is 0.494 e. The maximum absolute atomic E-state index is 6.07. The van der Waals surface area contributed by atoms with E-state index in [0.29, 0.717) is 17.8 Å². The van der Waals surface area contributed by atoms with Crippen molar-refractivity contribution in [3.05, 3.63) is 54.1 Å². The fourth-order valence-corrected chi connectivity index (χ4v) is 3.73. The minimum atomic E-state index is 0.636. The second-order valence-electron chi connectivity index (χ2n) is 5.04. The normalized spacial score (nSPS) is 20.6. The lowest BCUT2D eigenvalue weighted by molar-refractivity contribution is 0.339. The molecule has 0 spiro atoms. The summed E-state index contributed by atoms with van der Waals surface area (Å²) in [5.41, 5.74) is 8.35. The van der Waals surface area contributed by atoms with Gasteiger partial charge >= 0.3 is 0 Å². The molecule has 2 nitrogen and oxygen atoms in total. The molecule has 1 saturated carbocycles. The van der Waals surface area contributed by atoms with Crippen LogP contribution < -0.4 is 10.5 Å². The minimum absolute atomic E-state index is 0.636. The maximum atomic E-state index is 6.07. The van der Waals surface area contributed by atoms with Crippen molar-refractivity contribution in [3.63, 3.8) is 0 Å². The van der Waals surface area contributed by atoms with Gasteiger partial charge in [0.25, 0.3) is 0 Å². The van der Waals surface area contributed by atoms with Crippen LogP contribution >= 0.6 is 11.8 Å². The van der Waals surface area contributed by atoms with Gasteiger partial charge in [-0.05, 0) is 43.0 Å². The van der Waals surface area contributed by atoms with Crippen molar-refractivity contribution < 1.29 is 4.74 Å². The van der Waals surface area contributed by atoms with Gasteiger partial charge in [0.2, 0.25) is 0 Å². The predicted molar refractivity (Wildman–Crippen MR) is 85.5 cm³/mol. The molecule has 0 aliphatic heterocycles. The van der Waals surface area contributed by atoms with Crippen LogP contribution in [-0.4, -0.2) is 11.9 Å². The molecule has 0 bridgehead atoms. The Morgan fingerprint density at radius 1 is 1.20 bits per heavy atom. The van der Waals surface area contributed by atoms with Crippen LogP contribution in [-0.2, 0) is 0 Å². The van der Waals surface area contributed by atoms with Gasteiger partial charge in [-0.2, -0.15) is 0 Å². The van der Waals surface area contributed by atoms with E-state index < -0.39 is 0 Å². The highest BCUT2D eigenvalue weighted by atomic mass is 32.2. The van der Waals surface area contributed by atoms with E-state index >= 15 is 0 Å². The Hall–Kier alpha value is -1.61. The highest BCUT2D eigenvalue weighted by Crippen LogP contribution is 2.52. The summed E-state index contributed by atoms with van der Waals surface area (Å²) in [7, 11) is 0. The minimum Gasteiger partial charge on any atom is -0.494 e. The van der Waals surface area contributed by atoms with Crippen molar-refractivity contribution in [1.82, 2.24) is 0 Å². The molecule has 2 unspecified atom stereocenters. The highest BCUT2D eigenvalue weighted by Gasteiger charge is 2.39. The van der Waals surface area contributed by atoms with Crippen molar-refractivity contribution in [2.45, 2.75) is 29.4 Å². The van der Waals surface area contributed by atoms with Crippen LogP contribution in [0, 0.1) is 0 Å². The van der Waals surface area contributed by atoms with E-state index in [-0.39, 0.29) is 0 Å². The Balaban J connectivity index is 1.69. The molecule has 2 N–H and O–H groups in total. The van der Waals surface area contributed by atoms with Crippen LogP contribution in [0.25, 0.3) is 0 Å². The lowest BCUT2D eigenvalue weighted by Crippen LogP contribution is -1.95. The van der Waals surface area contributed by atoms with E-state index in [1.165, 1.54) is 12.0 Å². The molecular formula is C17H19NOS. The Morgan fingerprint density at radius 2 is 2.00 bits per heavy atom. The number of hydrogen-bond donors (Lipinski definition) is 1. The molecule has 2 atom stereocenters. The summed E-state index contributed by atoms with van der Waals surface area (Å²) in [6.45, 7) is 2.68. The molecule has 3 rings (SSSR count). The summed E-state index contributed by atoms with van der Waals surface area (Å²) in [6.07, 6.45) is 1.23. The van der Waals surface area contributed by atoms with Crippen LogP contribution in [0.5, 0.6) is 5.75 Å². The number of benzene rings is 2. The molecule has 0 aromatic heterocycles.